The lowest BCUT2D eigenvalue weighted by Crippen LogP contribution is -1.97. The quantitative estimate of drug-likeness (QED) is 0.359. The zero-order valence-electron chi connectivity index (χ0n) is 13.6. The molecule has 0 aliphatic heterocycles. The molecule has 2 heteroatoms. The van der Waals surface area contributed by atoms with Crippen molar-refractivity contribution in [1.29, 1.82) is 0 Å². The highest BCUT2D eigenvalue weighted by molar-refractivity contribution is 7.09. The molecule has 1 rings (SSSR count). The number of aromatic nitrogens is 1. The lowest BCUT2D eigenvalue weighted by molar-refractivity contribution is 0.494. The summed E-state index contributed by atoms with van der Waals surface area (Å²) in [5.74, 6) is 0.783. The van der Waals surface area contributed by atoms with Crippen LogP contribution in [0.1, 0.15) is 102 Å². The molecule has 0 saturated carbocycles. The van der Waals surface area contributed by atoms with Crippen LogP contribution in [-0.2, 0) is 0 Å². The van der Waals surface area contributed by atoms with Crippen molar-refractivity contribution in [3.8, 4) is 0 Å². The van der Waals surface area contributed by atoms with Gasteiger partial charge in [0.1, 0.15) is 0 Å². The summed E-state index contributed by atoms with van der Waals surface area (Å²) in [5.41, 5.74) is 2.00. The fourth-order valence-electron chi connectivity index (χ4n) is 2.84. The zero-order chi connectivity index (χ0) is 14.5. The number of nitrogens with zero attached hydrogens (tertiary/aromatic N) is 1. The van der Waals surface area contributed by atoms with Crippen molar-refractivity contribution >= 4 is 11.3 Å². The molecule has 0 saturated heterocycles. The van der Waals surface area contributed by atoms with E-state index in [2.05, 4.69) is 25.0 Å². The summed E-state index contributed by atoms with van der Waals surface area (Å²) in [6.45, 7) is 4.58. The molecule has 0 aromatic carbocycles. The van der Waals surface area contributed by atoms with Gasteiger partial charge in [0, 0.05) is 11.1 Å². The molecule has 1 aromatic heterocycles. The second-order valence-electron chi connectivity index (χ2n) is 6.01. The lowest BCUT2D eigenvalue weighted by Gasteiger charge is -2.15. The van der Waals surface area contributed by atoms with Gasteiger partial charge >= 0.3 is 0 Å². The third-order valence-electron chi connectivity index (χ3n) is 4.17. The maximum atomic E-state index is 4.28. The van der Waals surface area contributed by atoms with E-state index in [-0.39, 0.29) is 0 Å². The van der Waals surface area contributed by atoms with E-state index < -0.39 is 0 Å². The Bertz CT molecular complexity index is 280. The molecule has 0 bridgehead atoms. The van der Waals surface area contributed by atoms with Crippen LogP contribution in [0.25, 0.3) is 0 Å². The van der Waals surface area contributed by atoms with Gasteiger partial charge in [0.25, 0.3) is 0 Å². The molecule has 0 aliphatic carbocycles. The molecule has 0 radical (unpaired) electrons. The second kappa shape index (κ2) is 12.4. The number of thiazole rings is 1. The van der Waals surface area contributed by atoms with Crippen molar-refractivity contribution in [3.63, 3.8) is 0 Å². The van der Waals surface area contributed by atoms with Gasteiger partial charge in [-0.25, -0.2) is 0 Å². The van der Waals surface area contributed by atoms with E-state index in [0.717, 1.165) is 5.92 Å². The summed E-state index contributed by atoms with van der Waals surface area (Å²) >= 11 is 1.86. The molecule has 0 atom stereocenters. The molecule has 0 fully saturated rings. The standard InChI is InChI=1S/C18H33NS/c1-3-5-7-9-11-13-17(18-15-19-16-20-18)14-12-10-8-6-4-2/h15-17H,3-14H2,1-2H3. The van der Waals surface area contributed by atoms with Gasteiger partial charge in [0.15, 0.2) is 0 Å². The first-order chi connectivity index (χ1) is 9.88. The first-order valence-corrected chi connectivity index (χ1v) is 9.64. The molecule has 116 valence electrons. The average Bonchev–Trinajstić information content (AvgIpc) is 2.98. The third kappa shape index (κ3) is 8.04. The highest BCUT2D eigenvalue weighted by Crippen LogP contribution is 2.30. The van der Waals surface area contributed by atoms with Crippen molar-refractivity contribution in [1.82, 2.24) is 4.98 Å². The Labute approximate surface area is 130 Å². The molecule has 1 aromatic rings. The summed E-state index contributed by atoms with van der Waals surface area (Å²) in [5, 5.41) is 0. The van der Waals surface area contributed by atoms with Crippen LogP contribution in [0.5, 0.6) is 0 Å². The molecule has 0 spiro atoms. The minimum Gasteiger partial charge on any atom is -0.253 e. The predicted octanol–water partition coefficient (Wildman–Crippen LogP) is 6.95. The normalized spacial score (nSPS) is 11.3. The van der Waals surface area contributed by atoms with Crippen molar-refractivity contribution in [2.75, 3.05) is 0 Å². The second-order valence-corrected chi connectivity index (χ2v) is 6.92. The molecule has 0 aliphatic rings. The number of hydrogen-bond donors (Lipinski definition) is 0. The first-order valence-electron chi connectivity index (χ1n) is 8.76. The minimum absolute atomic E-state index is 0.783. The van der Waals surface area contributed by atoms with Crippen LogP contribution in [0.4, 0.5) is 0 Å². The number of rotatable bonds is 13. The van der Waals surface area contributed by atoms with Gasteiger partial charge in [0.2, 0.25) is 0 Å². The minimum atomic E-state index is 0.783. The topological polar surface area (TPSA) is 12.9 Å². The molecular weight excluding hydrogens is 262 g/mol. The van der Waals surface area contributed by atoms with Crippen LogP contribution in [0.15, 0.2) is 11.7 Å². The van der Waals surface area contributed by atoms with Gasteiger partial charge in [-0.05, 0) is 18.8 Å². The van der Waals surface area contributed by atoms with Crippen molar-refractivity contribution in [2.45, 2.75) is 96.8 Å². The summed E-state index contributed by atoms with van der Waals surface area (Å²) in [7, 11) is 0. The Balaban J connectivity index is 2.22. The van der Waals surface area contributed by atoms with Gasteiger partial charge in [-0.3, -0.25) is 4.98 Å². The highest BCUT2D eigenvalue weighted by atomic mass is 32.1. The van der Waals surface area contributed by atoms with Crippen LogP contribution >= 0.6 is 11.3 Å². The van der Waals surface area contributed by atoms with Gasteiger partial charge < -0.3 is 0 Å². The summed E-state index contributed by atoms with van der Waals surface area (Å²) in [6, 6.07) is 0. The number of unbranched alkanes of at least 4 members (excludes halogenated alkanes) is 8. The van der Waals surface area contributed by atoms with Crippen LogP contribution in [0.3, 0.4) is 0 Å². The molecule has 0 unspecified atom stereocenters. The van der Waals surface area contributed by atoms with Crippen molar-refractivity contribution in [3.05, 3.63) is 16.6 Å². The molecule has 1 nitrogen and oxygen atoms in total. The van der Waals surface area contributed by atoms with Gasteiger partial charge in [-0.2, -0.15) is 0 Å². The van der Waals surface area contributed by atoms with E-state index in [1.807, 2.05) is 16.8 Å². The van der Waals surface area contributed by atoms with E-state index in [0.29, 0.717) is 0 Å². The van der Waals surface area contributed by atoms with E-state index >= 15 is 0 Å². The average molecular weight is 296 g/mol. The molecule has 1 heterocycles. The predicted molar refractivity (Wildman–Crippen MR) is 91.6 cm³/mol. The smallest absolute Gasteiger partial charge is 0.0794 e. The van der Waals surface area contributed by atoms with Crippen molar-refractivity contribution < 1.29 is 0 Å². The summed E-state index contributed by atoms with van der Waals surface area (Å²) < 4.78 is 0. The highest BCUT2D eigenvalue weighted by Gasteiger charge is 2.12. The third-order valence-corrected chi connectivity index (χ3v) is 5.10. The van der Waals surface area contributed by atoms with Crippen LogP contribution < -0.4 is 0 Å². The maximum Gasteiger partial charge on any atom is 0.0794 e. The Kier molecular flexibility index (Phi) is 10.9. The number of hydrogen-bond acceptors (Lipinski definition) is 2. The van der Waals surface area contributed by atoms with Crippen LogP contribution in [-0.4, -0.2) is 4.98 Å². The van der Waals surface area contributed by atoms with Gasteiger partial charge in [-0.15, -0.1) is 11.3 Å². The monoisotopic (exact) mass is 295 g/mol. The SMILES string of the molecule is CCCCCCCC(CCCCCCC)c1cncs1. The fraction of sp³-hybridized carbons (Fsp3) is 0.833. The largest absolute Gasteiger partial charge is 0.253 e. The zero-order valence-corrected chi connectivity index (χ0v) is 14.4. The van der Waals surface area contributed by atoms with E-state index in [1.54, 1.807) is 0 Å². The molecule has 0 N–H and O–H groups in total. The lowest BCUT2D eigenvalue weighted by atomic mass is 9.93. The Morgan fingerprint density at radius 3 is 1.85 bits per heavy atom. The molecule has 20 heavy (non-hydrogen) atoms. The van der Waals surface area contributed by atoms with Gasteiger partial charge in [0.05, 0.1) is 5.51 Å². The molecule has 0 amide bonds. The maximum absolute atomic E-state index is 4.28. The Hall–Kier alpha value is -0.370. The van der Waals surface area contributed by atoms with Gasteiger partial charge in [-0.1, -0.05) is 78.1 Å². The Morgan fingerprint density at radius 1 is 0.850 bits per heavy atom. The summed E-state index contributed by atoms with van der Waals surface area (Å²) in [6.07, 6.45) is 18.8. The van der Waals surface area contributed by atoms with E-state index in [9.17, 15) is 0 Å². The summed E-state index contributed by atoms with van der Waals surface area (Å²) in [4.78, 5) is 5.80. The van der Waals surface area contributed by atoms with Crippen molar-refractivity contribution in [2.24, 2.45) is 0 Å². The van der Waals surface area contributed by atoms with E-state index in [1.165, 1.54) is 81.9 Å². The first kappa shape index (κ1) is 17.7. The van der Waals surface area contributed by atoms with Crippen LogP contribution in [0, 0.1) is 0 Å². The fourth-order valence-corrected chi connectivity index (χ4v) is 3.64. The molecular formula is C18H33NS. The van der Waals surface area contributed by atoms with E-state index in [4.69, 9.17) is 0 Å². The van der Waals surface area contributed by atoms with Crippen LogP contribution in [0.2, 0.25) is 0 Å². The Morgan fingerprint density at radius 2 is 1.40 bits per heavy atom.